The monoisotopic (exact) mass is 459 g/mol. The Balaban J connectivity index is 1.47. The SMILES string of the molecule is Cc1ccc(NC(=O)C[C@@H]2Sc3ccccc3NC2=O)cc1S(=O)(=O)N1CCCCC1. The van der Waals surface area contributed by atoms with Gasteiger partial charge >= 0.3 is 0 Å². The largest absolute Gasteiger partial charge is 0.326 e. The van der Waals surface area contributed by atoms with Crippen LogP contribution in [0.15, 0.2) is 52.3 Å². The van der Waals surface area contributed by atoms with E-state index in [4.69, 9.17) is 0 Å². The molecule has 164 valence electrons. The summed E-state index contributed by atoms with van der Waals surface area (Å²) in [7, 11) is -3.61. The van der Waals surface area contributed by atoms with Crippen LogP contribution in [0.2, 0.25) is 0 Å². The van der Waals surface area contributed by atoms with Crippen molar-refractivity contribution in [3.63, 3.8) is 0 Å². The molecule has 0 radical (unpaired) electrons. The molecule has 2 aromatic rings. The van der Waals surface area contributed by atoms with Gasteiger partial charge in [-0.2, -0.15) is 4.31 Å². The molecule has 7 nitrogen and oxygen atoms in total. The van der Waals surface area contributed by atoms with Gasteiger partial charge in [-0.3, -0.25) is 9.59 Å². The number of nitrogens with zero attached hydrogens (tertiary/aromatic N) is 1. The third kappa shape index (κ3) is 4.78. The minimum atomic E-state index is -3.61. The van der Waals surface area contributed by atoms with Crippen molar-refractivity contribution < 1.29 is 18.0 Å². The average Bonchev–Trinajstić information content (AvgIpc) is 2.76. The number of thioether (sulfide) groups is 1. The summed E-state index contributed by atoms with van der Waals surface area (Å²) >= 11 is 1.36. The van der Waals surface area contributed by atoms with Gasteiger partial charge in [0.2, 0.25) is 21.8 Å². The highest BCUT2D eigenvalue weighted by molar-refractivity contribution is 8.01. The van der Waals surface area contributed by atoms with Crippen molar-refractivity contribution >= 4 is 45.0 Å². The Kier molecular flexibility index (Phi) is 6.36. The van der Waals surface area contributed by atoms with Crippen LogP contribution >= 0.6 is 11.8 Å². The van der Waals surface area contributed by atoms with Crippen LogP contribution in [-0.2, 0) is 19.6 Å². The first-order valence-electron chi connectivity index (χ1n) is 10.3. The van der Waals surface area contributed by atoms with Crippen LogP contribution < -0.4 is 10.6 Å². The van der Waals surface area contributed by atoms with Gasteiger partial charge in [0.25, 0.3) is 0 Å². The number of para-hydroxylation sites is 1. The third-order valence-electron chi connectivity index (χ3n) is 5.48. The fraction of sp³-hybridized carbons (Fsp3) is 0.364. The molecule has 2 heterocycles. The molecule has 0 bridgehead atoms. The molecular formula is C22H25N3O4S2. The normalized spacial score (nSPS) is 19.4. The molecule has 1 saturated heterocycles. The van der Waals surface area contributed by atoms with Gasteiger partial charge in [0.15, 0.2) is 0 Å². The number of carbonyl (C=O) groups excluding carboxylic acids is 2. The van der Waals surface area contributed by atoms with Gasteiger partial charge in [-0.15, -0.1) is 11.8 Å². The summed E-state index contributed by atoms with van der Waals surface area (Å²) < 4.78 is 27.7. The molecule has 4 rings (SSSR count). The third-order valence-corrected chi connectivity index (χ3v) is 8.80. The highest BCUT2D eigenvalue weighted by atomic mass is 32.2. The van der Waals surface area contributed by atoms with Gasteiger partial charge < -0.3 is 10.6 Å². The number of nitrogens with one attached hydrogen (secondary N) is 2. The van der Waals surface area contributed by atoms with E-state index in [0.717, 1.165) is 29.8 Å². The summed E-state index contributed by atoms with van der Waals surface area (Å²) in [6, 6.07) is 12.4. The molecule has 2 amide bonds. The molecule has 0 aliphatic carbocycles. The Bertz CT molecular complexity index is 1110. The second kappa shape index (κ2) is 9.02. The van der Waals surface area contributed by atoms with E-state index >= 15 is 0 Å². The maximum atomic E-state index is 13.1. The Hall–Kier alpha value is -2.36. The molecule has 2 aliphatic rings. The molecule has 2 aliphatic heterocycles. The van der Waals surface area contributed by atoms with Crippen LogP contribution in [0, 0.1) is 6.92 Å². The summed E-state index contributed by atoms with van der Waals surface area (Å²) in [5.41, 5.74) is 1.80. The maximum absolute atomic E-state index is 13.1. The van der Waals surface area contributed by atoms with Crippen molar-refractivity contribution in [1.29, 1.82) is 0 Å². The zero-order chi connectivity index (χ0) is 22.0. The number of piperidine rings is 1. The molecule has 0 saturated carbocycles. The number of hydrogen-bond acceptors (Lipinski definition) is 5. The van der Waals surface area contributed by atoms with E-state index in [1.165, 1.54) is 22.1 Å². The quantitative estimate of drug-likeness (QED) is 0.712. The number of sulfonamides is 1. The van der Waals surface area contributed by atoms with Crippen molar-refractivity contribution in [2.45, 2.75) is 47.6 Å². The number of rotatable bonds is 5. The van der Waals surface area contributed by atoms with E-state index in [0.29, 0.717) is 24.3 Å². The number of anilines is 2. The second-order valence-corrected chi connectivity index (χ2v) is 10.9. The van der Waals surface area contributed by atoms with Gasteiger partial charge in [0, 0.05) is 30.1 Å². The van der Waals surface area contributed by atoms with Crippen LogP contribution in [-0.4, -0.2) is 42.9 Å². The molecule has 1 fully saturated rings. The first-order chi connectivity index (χ1) is 14.8. The molecule has 2 N–H and O–H groups in total. The zero-order valence-electron chi connectivity index (χ0n) is 17.3. The predicted octanol–water partition coefficient (Wildman–Crippen LogP) is 3.61. The van der Waals surface area contributed by atoms with Gasteiger partial charge in [0.05, 0.1) is 15.8 Å². The van der Waals surface area contributed by atoms with Crippen LogP contribution in [0.5, 0.6) is 0 Å². The minimum absolute atomic E-state index is 0.00702. The fourth-order valence-electron chi connectivity index (χ4n) is 3.81. The molecule has 0 spiro atoms. The molecule has 0 unspecified atom stereocenters. The Morgan fingerprint density at radius 1 is 1.16 bits per heavy atom. The number of benzene rings is 2. The molecule has 31 heavy (non-hydrogen) atoms. The van der Waals surface area contributed by atoms with Crippen molar-refractivity contribution in [1.82, 2.24) is 4.31 Å². The van der Waals surface area contributed by atoms with Gasteiger partial charge in [-0.25, -0.2) is 8.42 Å². The zero-order valence-corrected chi connectivity index (χ0v) is 18.9. The summed E-state index contributed by atoms with van der Waals surface area (Å²) in [5.74, 6) is -0.548. The summed E-state index contributed by atoms with van der Waals surface area (Å²) in [6.07, 6.45) is 2.75. The molecular weight excluding hydrogens is 434 g/mol. The lowest BCUT2D eigenvalue weighted by Gasteiger charge is -2.27. The minimum Gasteiger partial charge on any atom is -0.326 e. The van der Waals surface area contributed by atoms with Crippen LogP contribution in [0.3, 0.4) is 0 Å². The highest BCUT2D eigenvalue weighted by Gasteiger charge is 2.30. The van der Waals surface area contributed by atoms with Crippen molar-refractivity contribution in [2.75, 3.05) is 23.7 Å². The van der Waals surface area contributed by atoms with E-state index < -0.39 is 15.3 Å². The smallest absolute Gasteiger partial charge is 0.243 e. The van der Waals surface area contributed by atoms with E-state index in [1.54, 1.807) is 19.1 Å². The van der Waals surface area contributed by atoms with E-state index in [-0.39, 0.29) is 23.1 Å². The molecule has 0 aromatic heterocycles. The summed E-state index contributed by atoms with van der Waals surface area (Å²) in [6.45, 7) is 2.80. The molecule has 2 aromatic carbocycles. The number of aryl methyl sites for hydroxylation is 1. The van der Waals surface area contributed by atoms with Gasteiger partial charge in [-0.1, -0.05) is 24.6 Å². The maximum Gasteiger partial charge on any atom is 0.243 e. The number of carbonyl (C=O) groups is 2. The van der Waals surface area contributed by atoms with Gasteiger partial charge in [0.1, 0.15) is 0 Å². The van der Waals surface area contributed by atoms with E-state index in [2.05, 4.69) is 10.6 Å². The van der Waals surface area contributed by atoms with E-state index in [9.17, 15) is 18.0 Å². The van der Waals surface area contributed by atoms with Crippen molar-refractivity contribution in [3.8, 4) is 0 Å². The number of fused-ring (bicyclic) bond motifs is 1. The van der Waals surface area contributed by atoms with Crippen LogP contribution in [0.25, 0.3) is 0 Å². The van der Waals surface area contributed by atoms with Gasteiger partial charge in [-0.05, 0) is 49.6 Å². The summed E-state index contributed by atoms with van der Waals surface area (Å²) in [5, 5.41) is 5.04. The lowest BCUT2D eigenvalue weighted by atomic mass is 10.2. The second-order valence-electron chi connectivity index (χ2n) is 7.79. The first kappa shape index (κ1) is 21.9. The molecule has 9 heteroatoms. The fourth-order valence-corrected chi connectivity index (χ4v) is 6.69. The standard InChI is InChI=1S/C22H25N3O4S2/c1-15-9-10-16(13-20(15)31(28,29)25-11-5-2-6-12-25)23-21(26)14-19-22(27)24-17-7-3-4-8-18(17)30-19/h3-4,7-10,13,19H,2,5-6,11-12,14H2,1H3,(H,23,26)(H,24,27)/t19-/m0/s1. The lowest BCUT2D eigenvalue weighted by Crippen LogP contribution is -2.36. The number of amides is 2. The lowest BCUT2D eigenvalue weighted by molar-refractivity contribution is -0.120. The molecule has 1 atom stereocenters. The predicted molar refractivity (Wildman–Crippen MR) is 122 cm³/mol. The summed E-state index contributed by atoms with van der Waals surface area (Å²) in [4.78, 5) is 26.1. The Morgan fingerprint density at radius 2 is 1.90 bits per heavy atom. The highest BCUT2D eigenvalue weighted by Crippen LogP contribution is 2.36. The van der Waals surface area contributed by atoms with Crippen molar-refractivity contribution in [3.05, 3.63) is 48.0 Å². The van der Waals surface area contributed by atoms with E-state index in [1.807, 2.05) is 24.3 Å². The number of hydrogen-bond donors (Lipinski definition) is 2. The van der Waals surface area contributed by atoms with Crippen LogP contribution in [0.1, 0.15) is 31.2 Å². The Morgan fingerprint density at radius 3 is 2.68 bits per heavy atom. The average molecular weight is 460 g/mol. The topological polar surface area (TPSA) is 95.6 Å². The van der Waals surface area contributed by atoms with Crippen molar-refractivity contribution in [2.24, 2.45) is 0 Å². The Labute approximate surface area is 186 Å². The van der Waals surface area contributed by atoms with Crippen LogP contribution in [0.4, 0.5) is 11.4 Å². The first-order valence-corrected chi connectivity index (χ1v) is 12.6.